The van der Waals surface area contributed by atoms with Crippen molar-refractivity contribution >= 4 is 38.4 Å². The molecule has 0 aliphatic carbocycles. The number of esters is 1. The summed E-state index contributed by atoms with van der Waals surface area (Å²) in [7, 11) is -3.61. The van der Waals surface area contributed by atoms with Gasteiger partial charge < -0.3 is 9.30 Å². The van der Waals surface area contributed by atoms with Crippen molar-refractivity contribution in [2.24, 2.45) is 0 Å². The standard InChI is InChI=1S/C22H26N4O5S/c1-13(27)18-11-26(12-21(28)31-22(3,4)5)20-8-16(15-9-23-14(2)24-10-15)19(7-17(18)20)25-32(6,29)30/h7-11,25H,12H2,1-6H3. The van der Waals surface area contributed by atoms with Crippen LogP contribution < -0.4 is 4.72 Å². The number of carbonyl (C=O) groups excluding carboxylic acids is 2. The highest BCUT2D eigenvalue weighted by Gasteiger charge is 2.21. The van der Waals surface area contributed by atoms with Gasteiger partial charge in [0.2, 0.25) is 10.0 Å². The van der Waals surface area contributed by atoms with Gasteiger partial charge in [-0.15, -0.1) is 0 Å². The number of aromatic nitrogens is 3. The molecule has 0 bridgehead atoms. The predicted octanol–water partition coefficient (Wildman–Crippen LogP) is 3.32. The molecule has 0 saturated carbocycles. The minimum absolute atomic E-state index is 0.107. The van der Waals surface area contributed by atoms with E-state index in [1.807, 2.05) is 0 Å². The van der Waals surface area contributed by atoms with Crippen molar-refractivity contribution in [3.63, 3.8) is 0 Å². The van der Waals surface area contributed by atoms with Crippen molar-refractivity contribution in [3.05, 3.63) is 42.1 Å². The van der Waals surface area contributed by atoms with E-state index in [2.05, 4.69) is 14.7 Å². The van der Waals surface area contributed by atoms with Crippen LogP contribution >= 0.6 is 0 Å². The molecule has 0 unspecified atom stereocenters. The van der Waals surface area contributed by atoms with Crippen LogP contribution in [0.4, 0.5) is 5.69 Å². The minimum Gasteiger partial charge on any atom is -0.459 e. The summed E-state index contributed by atoms with van der Waals surface area (Å²) in [6, 6.07) is 3.31. The van der Waals surface area contributed by atoms with E-state index >= 15 is 0 Å². The molecule has 9 nitrogen and oxygen atoms in total. The summed E-state index contributed by atoms with van der Waals surface area (Å²) in [6.45, 7) is 8.38. The summed E-state index contributed by atoms with van der Waals surface area (Å²) >= 11 is 0. The summed E-state index contributed by atoms with van der Waals surface area (Å²) in [6.07, 6.45) is 5.80. The van der Waals surface area contributed by atoms with Crippen LogP contribution in [0.2, 0.25) is 0 Å². The zero-order valence-electron chi connectivity index (χ0n) is 18.9. The first-order chi connectivity index (χ1) is 14.7. The van der Waals surface area contributed by atoms with E-state index in [0.717, 1.165) is 6.26 Å². The van der Waals surface area contributed by atoms with Gasteiger partial charge in [-0.3, -0.25) is 14.3 Å². The molecule has 1 N–H and O–H groups in total. The van der Waals surface area contributed by atoms with Crippen LogP contribution in [0.1, 0.15) is 43.9 Å². The molecule has 1 aromatic carbocycles. The van der Waals surface area contributed by atoms with Crippen LogP contribution in [0.15, 0.2) is 30.7 Å². The quantitative estimate of drug-likeness (QED) is 0.444. The van der Waals surface area contributed by atoms with Gasteiger partial charge in [0.15, 0.2) is 5.78 Å². The van der Waals surface area contributed by atoms with Crippen LogP contribution in [-0.4, -0.2) is 46.6 Å². The fraction of sp³-hybridized carbons (Fsp3) is 0.364. The van der Waals surface area contributed by atoms with Crippen molar-refractivity contribution in [2.45, 2.75) is 46.8 Å². The number of hydrogen-bond acceptors (Lipinski definition) is 7. The topological polar surface area (TPSA) is 120 Å². The summed E-state index contributed by atoms with van der Waals surface area (Å²) in [5.41, 5.74) is 1.67. The Morgan fingerprint density at radius 2 is 1.78 bits per heavy atom. The fourth-order valence-corrected chi connectivity index (χ4v) is 3.88. The van der Waals surface area contributed by atoms with E-state index in [1.165, 1.54) is 6.92 Å². The van der Waals surface area contributed by atoms with Gasteiger partial charge in [-0.05, 0) is 46.8 Å². The van der Waals surface area contributed by atoms with E-state index in [-0.39, 0.29) is 18.0 Å². The SMILES string of the molecule is CC(=O)c1cn(CC(=O)OC(C)(C)C)c2cc(-c3cnc(C)nc3)c(NS(C)(=O)=O)cc12. The first-order valence-corrected chi connectivity index (χ1v) is 11.8. The van der Waals surface area contributed by atoms with Crippen molar-refractivity contribution < 1.29 is 22.7 Å². The van der Waals surface area contributed by atoms with Gasteiger partial charge >= 0.3 is 5.97 Å². The van der Waals surface area contributed by atoms with E-state index in [9.17, 15) is 18.0 Å². The van der Waals surface area contributed by atoms with Crippen molar-refractivity contribution in [2.75, 3.05) is 11.0 Å². The summed E-state index contributed by atoms with van der Waals surface area (Å²) in [5.74, 6) is -0.0997. The monoisotopic (exact) mass is 458 g/mol. The van der Waals surface area contributed by atoms with Gasteiger partial charge in [-0.1, -0.05) is 0 Å². The van der Waals surface area contributed by atoms with Crippen molar-refractivity contribution in [1.82, 2.24) is 14.5 Å². The molecular formula is C22H26N4O5S. The lowest BCUT2D eigenvalue weighted by Gasteiger charge is -2.20. The van der Waals surface area contributed by atoms with E-state index < -0.39 is 21.6 Å². The largest absolute Gasteiger partial charge is 0.459 e. The Labute approximate surface area is 186 Å². The number of benzene rings is 1. The Morgan fingerprint density at radius 1 is 1.16 bits per heavy atom. The molecule has 0 fully saturated rings. The number of ether oxygens (including phenoxy) is 1. The van der Waals surface area contributed by atoms with Gasteiger partial charge in [0.05, 0.1) is 17.5 Å². The van der Waals surface area contributed by atoms with Crippen LogP contribution in [0, 0.1) is 6.92 Å². The van der Waals surface area contributed by atoms with Crippen molar-refractivity contribution in [3.8, 4) is 11.1 Å². The molecule has 170 valence electrons. The third-order valence-corrected chi connectivity index (χ3v) is 5.10. The molecule has 3 aromatic rings. The Bertz CT molecular complexity index is 1300. The lowest BCUT2D eigenvalue weighted by Crippen LogP contribution is -2.26. The number of Topliss-reactive ketones (excluding diaryl/α,β-unsaturated/α-hetero) is 1. The first kappa shape index (κ1) is 23.4. The third-order valence-electron chi connectivity index (χ3n) is 4.51. The molecule has 2 heterocycles. The number of rotatable bonds is 6. The second-order valence-electron chi connectivity index (χ2n) is 8.62. The van der Waals surface area contributed by atoms with Crippen LogP contribution in [-0.2, 0) is 26.1 Å². The highest BCUT2D eigenvalue weighted by Crippen LogP contribution is 2.35. The van der Waals surface area contributed by atoms with Crippen LogP contribution in [0.25, 0.3) is 22.0 Å². The van der Waals surface area contributed by atoms with Crippen LogP contribution in [0.3, 0.4) is 0 Å². The number of nitrogens with one attached hydrogen (secondary N) is 1. The van der Waals surface area contributed by atoms with Gasteiger partial charge in [-0.25, -0.2) is 18.4 Å². The normalized spacial score (nSPS) is 12.1. The van der Waals surface area contributed by atoms with Gasteiger partial charge in [0.25, 0.3) is 0 Å². The lowest BCUT2D eigenvalue weighted by molar-refractivity contribution is -0.155. The van der Waals surface area contributed by atoms with Gasteiger partial charge in [0, 0.05) is 40.7 Å². The second-order valence-corrected chi connectivity index (χ2v) is 10.4. The molecule has 0 atom stereocenters. The predicted molar refractivity (Wildman–Crippen MR) is 122 cm³/mol. The Hall–Kier alpha value is -3.27. The molecule has 0 aliphatic rings. The first-order valence-electron chi connectivity index (χ1n) is 9.90. The number of hydrogen-bond donors (Lipinski definition) is 1. The summed E-state index contributed by atoms with van der Waals surface area (Å²) in [4.78, 5) is 33.1. The molecule has 0 amide bonds. The molecule has 3 rings (SSSR count). The van der Waals surface area contributed by atoms with E-state index in [1.54, 1.807) is 63.0 Å². The van der Waals surface area contributed by atoms with Gasteiger partial charge in [-0.2, -0.15) is 0 Å². The third kappa shape index (κ3) is 5.50. The highest BCUT2D eigenvalue weighted by molar-refractivity contribution is 7.92. The summed E-state index contributed by atoms with van der Waals surface area (Å²) in [5, 5.41) is 0.518. The molecule has 0 radical (unpaired) electrons. The lowest BCUT2D eigenvalue weighted by atomic mass is 10.0. The molecule has 0 spiro atoms. The number of carbonyl (C=O) groups is 2. The number of ketones is 1. The maximum Gasteiger partial charge on any atom is 0.326 e. The molecule has 2 aromatic heterocycles. The molecular weight excluding hydrogens is 432 g/mol. The maximum atomic E-state index is 12.5. The van der Waals surface area contributed by atoms with E-state index in [0.29, 0.717) is 33.4 Å². The Balaban J connectivity index is 2.24. The van der Waals surface area contributed by atoms with Crippen molar-refractivity contribution in [1.29, 1.82) is 0 Å². The number of anilines is 1. The molecule has 0 aliphatic heterocycles. The second kappa shape index (κ2) is 8.34. The number of fused-ring (bicyclic) bond motifs is 1. The maximum absolute atomic E-state index is 12.5. The average Bonchev–Trinajstić information content (AvgIpc) is 2.96. The Kier molecular flexibility index (Phi) is 6.10. The zero-order valence-corrected chi connectivity index (χ0v) is 19.7. The smallest absolute Gasteiger partial charge is 0.326 e. The zero-order chi connectivity index (χ0) is 23.8. The van der Waals surface area contributed by atoms with Gasteiger partial charge in [0.1, 0.15) is 18.0 Å². The minimum atomic E-state index is -3.61. The summed E-state index contributed by atoms with van der Waals surface area (Å²) < 4.78 is 33.6. The van der Waals surface area contributed by atoms with E-state index in [4.69, 9.17) is 4.74 Å². The number of aryl methyl sites for hydroxylation is 1. The average molecular weight is 459 g/mol. The highest BCUT2D eigenvalue weighted by atomic mass is 32.2. The molecule has 0 saturated heterocycles. The van der Waals surface area contributed by atoms with Crippen LogP contribution in [0.5, 0.6) is 0 Å². The molecule has 32 heavy (non-hydrogen) atoms. The molecule has 10 heteroatoms. The number of sulfonamides is 1. The fourth-order valence-electron chi connectivity index (χ4n) is 3.32. The Morgan fingerprint density at radius 3 is 2.31 bits per heavy atom. The number of nitrogens with zero attached hydrogens (tertiary/aromatic N) is 3.